The van der Waals surface area contributed by atoms with Crippen molar-refractivity contribution in [2.45, 2.75) is 6.92 Å². The average Bonchev–Trinajstić information content (AvgIpc) is 2.66. The fraction of sp³-hybridized carbons (Fsp3) is 0.143. The molecule has 2 aromatic rings. The van der Waals surface area contributed by atoms with Crippen LogP contribution in [0.2, 0.25) is 0 Å². The van der Waals surface area contributed by atoms with Gasteiger partial charge < -0.3 is 19.7 Å². The second-order valence-electron chi connectivity index (χ2n) is 5.53. The SMILES string of the molecule is C/C=C(\C(=O)O)c1cccc(OC)c1/C(=C/c1cccc(OC)c1)C(=O)O. The molecule has 0 amide bonds. The Balaban J connectivity index is 2.79. The zero-order valence-corrected chi connectivity index (χ0v) is 15.2. The summed E-state index contributed by atoms with van der Waals surface area (Å²) in [6, 6.07) is 11.7. The van der Waals surface area contributed by atoms with Crippen LogP contribution >= 0.6 is 0 Å². The highest BCUT2D eigenvalue weighted by Crippen LogP contribution is 2.35. The Kier molecular flexibility index (Phi) is 6.38. The van der Waals surface area contributed by atoms with Gasteiger partial charge in [-0.1, -0.05) is 30.3 Å². The lowest BCUT2D eigenvalue weighted by Crippen LogP contribution is -2.08. The van der Waals surface area contributed by atoms with Gasteiger partial charge in [0.15, 0.2) is 0 Å². The summed E-state index contributed by atoms with van der Waals surface area (Å²) in [5.41, 5.74) is 0.964. The monoisotopic (exact) mass is 368 g/mol. The standard InChI is InChI=1S/C21H20O6/c1-4-15(20(22)23)16-9-6-10-18(27-3)19(16)17(21(24)25)12-13-7-5-8-14(11-13)26-2/h4-12H,1-3H3,(H,22,23)(H,24,25)/b15-4-,17-12-. The van der Waals surface area contributed by atoms with Gasteiger partial charge >= 0.3 is 11.9 Å². The first kappa shape index (κ1) is 19.8. The van der Waals surface area contributed by atoms with E-state index in [9.17, 15) is 19.8 Å². The van der Waals surface area contributed by atoms with Crippen molar-refractivity contribution in [1.82, 2.24) is 0 Å². The minimum Gasteiger partial charge on any atom is -0.497 e. The first-order valence-electron chi connectivity index (χ1n) is 8.09. The third-order valence-corrected chi connectivity index (χ3v) is 3.96. The van der Waals surface area contributed by atoms with Crippen LogP contribution in [0.3, 0.4) is 0 Å². The van der Waals surface area contributed by atoms with Gasteiger partial charge in [-0.3, -0.25) is 0 Å². The lowest BCUT2D eigenvalue weighted by atomic mass is 9.92. The van der Waals surface area contributed by atoms with Crippen LogP contribution in [0.1, 0.15) is 23.6 Å². The number of carboxylic acids is 2. The largest absolute Gasteiger partial charge is 0.497 e. The van der Waals surface area contributed by atoms with Gasteiger partial charge in [-0.2, -0.15) is 0 Å². The summed E-state index contributed by atoms with van der Waals surface area (Å²) < 4.78 is 10.5. The fourth-order valence-corrected chi connectivity index (χ4v) is 2.74. The molecule has 0 radical (unpaired) electrons. The van der Waals surface area contributed by atoms with Crippen LogP contribution < -0.4 is 9.47 Å². The summed E-state index contributed by atoms with van der Waals surface area (Å²) in [6.07, 6.45) is 2.88. The Hall–Kier alpha value is -3.54. The number of carboxylic acid groups (broad SMARTS) is 2. The van der Waals surface area contributed by atoms with Crippen molar-refractivity contribution in [3.05, 3.63) is 65.2 Å². The molecule has 0 aliphatic rings. The van der Waals surface area contributed by atoms with E-state index in [1.807, 2.05) is 0 Å². The van der Waals surface area contributed by atoms with E-state index in [-0.39, 0.29) is 28.0 Å². The molecule has 0 unspecified atom stereocenters. The van der Waals surface area contributed by atoms with Crippen LogP contribution in [-0.4, -0.2) is 36.4 Å². The van der Waals surface area contributed by atoms with Crippen molar-refractivity contribution in [2.75, 3.05) is 14.2 Å². The zero-order valence-electron chi connectivity index (χ0n) is 15.2. The summed E-state index contributed by atoms with van der Waals surface area (Å²) >= 11 is 0. The van der Waals surface area contributed by atoms with Gasteiger partial charge in [0.05, 0.1) is 25.4 Å². The molecule has 140 valence electrons. The van der Waals surface area contributed by atoms with Gasteiger partial charge in [-0.25, -0.2) is 9.59 Å². The Labute approximate surface area is 157 Å². The van der Waals surface area contributed by atoms with Crippen LogP contribution in [-0.2, 0) is 9.59 Å². The van der Waals surface area contributed by atoms with E-state index in [0.29, 0.717) is 11.3 Å². The Bertz CT molecular complexity index is 924. The molecule has 0 fully saturated rings. The lowest BCUT2D eigenvalue weighted by molar-refractivity contribution is -0.131. The molecule has 0 aliphatic heterocycles. The summed E-state index contributed by atoms with van der Waals surface area (Å²) in [5.74, 6) is -1.51. The molecule has 2 rings (SSSR count). The molecule has 6 heteroatoms. The number of methoxy groups -OCH3 is 2. The molecule has 0 heterocycles. The highest BCUT2D eigenvalue weighted by atomic mass is 16.5. The maximum Gasteiger partial charge on any atom is 0.336 e. The van der Waals surface area contributed by atoms with Crippen LogP contribution in [0.25, 0.3) is 17.2 Å². The second-order valence-corrected chi connectivity index (χ2v) is 5.53. The maximum absolute atomic E-state index is 12.0. The molecule has 27 heavy (non-hydrogen) atoms. The van der Waals surface area contributed by atoms with Crippen molar-refractivity contribution < 1.29 is 29.3 Å². The number of ether oxygens (including phenoxy) is 2. The fourth-order valence-electron chi connectivity index (χ4n) is 2.74. The second kappa shape index (κ2) is 8.71. The third kappa shape index (κ3) is 4.36. The number of hydrogen-bond acceptors (Lipinski definition) is 4. The molecular formula is C21H20O6. The van der Waals surface area contributed by atoms with Crippen molar-refractivity contribution in [3.63, 3.8) is 0 Å². The molecule has 6 nitrogen and oxygen atoms in total. The van der Waals surface area contributed by atoms with E-state index < -0.39 is 11.9 Å². The number of allylic oxidation sites excluding steroid dienone is 1. The van der Waals surface area contributed by atoms with Crippen molar-refractivity contribution >= 4 is 29.2 Å². The number of benzene rings is 2. The average molecular weight is 368 g/mol. The lowest BCUT2D eigenvalue weighted by Gasteiger charge is -2.15. The van der Waals surface area contributed by atoms with Gasteiger partial charge in [-0.15, -0.1) is 0 Å². The van der Waals surface area contributed by atoms with Gasteiger partial charge in [0.2, 0.25) is 0 Å². The molecule has 0 atom stereocenters. The Morgan fingerprint density at radius 2 is 1.59 bits per heavy atom. The number of aliphatic carboxylic acids is 2. The number of rotatable bonds is 7. The van der Waals surface area contributed by atoms with E-state index in [1.165, 1.54) is 26.4 Å². The third-order valence-electron chi connectivity index (χ3n) is 3.96. The first-order valence-corrected chi connectivity index (χ1v) is 8.09. The number of hydrogen-bond donors (Lipinski definition) is 2. The Morgan fingerprint density at radius 1 is 0.926 bits per heavy atom. The van der Waals surface area contributed by atoms with E-state index in [0.717, 1.165) is 0 Å². The minimum absolute atomic E-state index is 0.0123. The molecule has 2 aromatic carbocycles. The van der Waals surface area contributed by atoms with Crippen LogP contribution in [0, 0.1) is 0 Å². The highest BCUT2D eigenvalue weighted by Gasteiger charge is 2.23. The van der Waals surface area contributed by atoms with Crippen LogP contribution in [0.4, 0.5) is 0 Å². The van der Waals surface area contributed by atoms with Crippen LogP contribution in [0.15, 0.2) is 48.5 Å². The quantitative estimate of drug-likeness (QED) is 0.570. The minimum atomic E-state index is -1.20. The van der Waals surface area contributed by atoms with E-state index in [1.54, 1.807) is 49.4 Å². The first-order chi connectivity index (χ1) is 12.9. The molecule has 0 saturated heterocycles. The van der Waals surface area contributed by atoms with Gasteiger partial charge in [0.1, 0.15) is 11.5 Å². The van der Waals surface area contributed by atoms with E-state index in [4.69, 9.17) is 9.47 Å². The van der Waals surface area contributed by atoms with E-state index >= 15 is 0 Å². The van der Waals surface area contributed by atoms with Crippen LogP contribution in [0.5, 0.6) is 11.5 Å². The van der Waals surface area contributed by atoms with Gasteiger partial charge in [-0.05, 0) is 36.8 Å². The Morgan fingerprint density at radius 3 is 2.15 bits per heavy atom. The summed E-state index contributed by atoms with van der Waals surface area (Å²) in [4.78, 5) is 23.7. The molecule has 0 saturated carbocycles. The molecular weight excluding hydrogens is 348 g/mol. The maximum atomic E-state index is 12.0. The molecule has 0 spiro atoms. The predicted molar refractivity (Wildman–Crippen MR) is 103 cm³/mol. The van der Waals surface area contributed by atoms with Gasteiger partial charge in [0, 0.05) is 11.1 Å². The van der Waals surface area contributed by atoms with Crippen molar-refractivity contribution in [1.29, 1.82) is 0 Å². The summed E-state index contributed by atoms with van der Waals surface area (Å²) in [5, 5.41) is 19.3. The van der Waals surface area contributed by atoms with Crippen molar-refractivity contribution in [3.8, 4) is 11.5 Å². The number of carbonyl (C=O) groups is 2. The smallest absolute Gasteiger partial charge is 0.336 e. The molecule has 0 bridgehead atoms. The molecule has 0 aromatic heterocycles. The topological polar surface area (TPSA) is 93.1 Å². The normalized spacial score (nSPS) is 11.8. The van der Waals surface area contributed by atoms with Crippen molar-refractivity contribution in [2.24, 2.45) is 0 Å². The summed E-state index contributed by atoms with van der Waals surface area (Å²) in [6.45, 7) is 1.58. The van der Waals surface area contributed by atoms with Gasteiger partial charge in [0.25, 0.3) is 0 Å². The zero-order chi connectivity index (χ0) is 20.0. The predicted octanol–water partition coefficient (Wildman–Crippen LogP) is 3.82. The summed E-state index contributed by atoms with van der Waals surface area (Å²) in [7, 11) is 2.92. The molecule has 2 N–H and O–H groups in total. The molecule has 0 aliphatic carbocycles. The van der Waals surface area contributed by atoms with E-state index in [2.05, 4.69) is 0 Å². The highest BCUT2D eigenvalue weighted by molar-refractivity contribution is 6.25.